The van der Waals surface area contributed by atoms with E-state index in [9.17, 15) is 4.79 Å². The molecule has 0 aromatic heterocycles. The molecule has 0 aromatic rings. The molecule has 0 aliphatic heterocycles. The number of hydrogen-bond donors (Lipinski definition) is 0. The van der Waals surface area contributed by atoms with Crippen LogP contribution < -0.4 is 0 Å². The Morgan fingerprint density at radius 1 is 1.36 bits per heavy atom. The van der Waals surface area contributed by atoms with Gasteiger partial charge in [-0.1, -0.05) is 18.2 Å². The van der Waals surface area contributed by atoms with E-state index in [1.807, 2.05) is 31.2 Å². The number of ether oxygens (including phenoxy) is 2. The van der Waals surface area contributed by atoms with E-state index in [0.29, 0.717) is 13.2 Å². The van der Waals surface area contributed by atoms with E-state index < -0.39 is 0 Å². The van der Waals surface area contributed by atoms with Crippen LogP contribution in [0.2, 0.25) is 0 Å². The van der Waals surface area contributed by atoms with Crippen LogP contribution in [-0.4, -0.2) is 19.2 Å². The summed E-state index contributed by atoms with van der Waals surface area (Å²) in [6.45, 7) is 4.52. The maximum absolute atomic E-state index is 10.8. The SMILES string of the molecule is C/C=C/C=C/CO/C=C/C(=O)OCC. The summed E-state index contributed by atoms with van der Waals surface area (Å²) in [6.07, 6.45) is 10.1. The van der Waals surface area contributed by atoms with Crippen molar-refractivity contribution in [2.75, 3.05) is 13.2 Å². The number of allylic oxidation sites excluding steroid dienone is 3. The van der Waals surface area contributed by atoms with Gasteiger partial charge in [-0.25, -0.2) is 4.79 Å². The summed E-state index contributed by atoms with van der Waals surface area (Å²) in [7, 11) is 0. The first-order valence-electron chi connectivity index (χ1n) is 4.54. The second-order valence-electron chi connectivity index (χ2n) is 2.34. The van der Waals surface area contributed by atoms with E-state index in [2.05, 4.69) is 4.74 Å². The first-order valence-corrected chi connectivity index (χ1v) is 4.54. The fourth-order valence-corrected chi connectivity index (χ4v) is 0.650. The van der Waals surface area contributed by atoms with Crippen LogP contribution in [0.3, 0.4) is 0 Å². The Kier molecular flexibility index (Phi) is 8.54. The van der Waals surface area contributed by atoms with Gasteiger partial charge in [0.25, 0.3) is 0 Å². The molecule has 0 aromatic carbocycles. The van der Waals surface area contributed by atoms with Crippen molar-refractivity contribution in [1.29, 1.82) is 0 Å². The van der Waals surface area contributed by atoms with E-state index in [4.69, 9.17) is 4.74 Å². The van der Waals surface area contributed by atoms with Gasteiger partial charge in [-0.15, -0.1) is 0 Å². The molecule has 0 rings (SSSR count). The van der Waals surface area contributed by atoms with Gasteiger partial charge < -0.3 is 9.47 Å². The second-order valence-corrected chi connectivity index (χ2v) is 2.34. The highest BCUT2D eigenvalue weighted by atomic mass is 16.5. The van der Waals surface area contributed by atoms with Crippen molar-refractivity contribution < 1.29 is 14.3 Å². The molecule has 3 heteroatoms. The van der Waals surface area contributed by atoms with Crippen molar-refractivity contribution in [3.05, 3.63) is 36.6 Å². The van der Waals surface area contributed by atoms with E-state index in [-0.39, 0.29) is 5.97 Å². The van der Waals surface area contributed by atoms with Gasteiger partial charge in [0.1, 0.15) is 6.61 Å². The Morgan fingerprint density at radius 2 is 2.14 bits per heavy atom. The minimum absolute atomic E-state index is 0.379. The van der Waals surface area contributed by atoms with Gasteiger partial charge in [0, 0.05) is 0 Å². The maximum Gasteiger partial charge on any atom is 0.333 e. The summed E-state index contributed by atoms with van der Waals surface area (Å²) in [6, 6.07) is 0. The molecule has 0 aliphatic rings. The fraction of sp³-hybridized carbons (Fsp3) is 0.364. The maximum atomic E-state index is 10.8. The zero-order chi connectivity index (χ0) is 10.6. The monoisotopic (exact) mass is 196 g/mol. The molecule has 0 atom stereocenters. The van der Waals surface area contributed by atoms with Crippen LogP contribution in [0, 0.1) is 0 Å². The molecule has 0 aliphatic carbocycles. The molecule has 14 heavy (non-hydrogen) atoms. The van der Waals surface area contributed by atoms with Gasteiger partial charge in [0.2, 0.25) is 0 Å². The molecule has 78 valence electrons. The minimum atomic E-state index is -0.384. The van der Waals surface area contributed by atoms with E-state index in [0.717, 1.165) is 0 Å². The summed E-state index contributed by atoms with van der Waals surface area (Å²) in [5.74, 6) is -0.384. The standard InChI is InChI=1S/C11H16O3/c1-3-5-6-7-9-13-10-8-11(12)14-4-2/h3,5-8,10H,4,9H2,1-2H3/b5-3+,7-6+,10-8+. The quantitative estimate of drug-likeness (QED) is 0.215. The third-order valence-corrected chi connectivity index (χ3v) is 1.22. The van der Waals surface area contributed by atoms with Gasteiger partial charge in [-0.05, 0) is 19.9 Å². The van der Waals surface area contributed by atoms with Crippen LogP contribution in [0.5, 0.6) is 0 Å². The lowest BCUT2D eigenvalue weighted by atomic mass is 10.4. The third-order valence-electron chi connectivity index (χ3n) is 1.22. The molecule has 0 N–H and O–H groups in total. The fourth-order valence-electron chi connectivity index (χ4n) is 0.650. The zero-order valence-corrected chi connectivity index (χ0v) is 8.60. The van der Waals surface area contributed by atoms with E-state index >= 15 is 0 Å². The largest absolute Gasteiger partial charge is 0.497 e. The highest BCUT2D eigenvalue weighted by Gasteiger charge is 1.91. The molecule has 0 amide bonds. The summed E-state index contributed by atoms with van der Waals surface area (Å²) in [4.78, 5) is 10.8. The third kappa shape index (κ3) is 8.59. The van der Waals surface area contributed by atoms with Crippen molar-refractivity contribution >= 4 is 5.97 Å². The molecule has 0 unspecified atom stereocenters. The predicted molar refractivity (Wildman–Crippen MR) is 55.7 cm³/mol. The molecule has 0 spiro atoms. The molecule has 0 saturated carbocycles. The number of esters is 1. The Balaban J connectivity index is 3.48. The number of hydrogen-bond acceptors (Lipinski definition) is 3. The first kappa shape index (κ1) is 12.5. The van der Waals surface area contributed by atoms with E-state index in [1.165, 1.54) is 12.3 Å². The van der Waals surface area contributed by atoms with Crippen LogP contribution in [0.15, 0.2) is 36.6 Å². The molecule has 0 saturated heterocycles. The minimum Gasteiger partial charge on any atom is -0.497 e. The molecular formula is C11H16O3. The van der Waals surface area contributed by atoms with Gasteiger partial charge in [-0.3, -0.25) is 0 Å². The topological polar surface area (TPSA) is 35.5 Å². The van der Waals surface area contributed by atoms with Crippen molar-refractivity contribution in [2.24, 2.45) is 0 Å². The summed E-state index contributed by atoms with van der Waals surface area (Å²) >= 11 is 0. The molecular weight excluding hydrogens is 180 g/mol. The Morgan fingerprint density at radius 3 is 2.79 bits per heavy atom. The van der Waals surface area contributed by atoms with Crippen LogP contribution in [0.4, 0.5) is 0 Å². The number of rotatable bonds is 6. The van der Waals surface area contributed by atoms with Crippen LogP contribution in [0.1, 0.15) is 13.8 Å². The van der Waals surface area contributed by atoms with Crippen LogP contribution in [-0.2, 0) is 14.3 Å². The average molecular weight is 196 g/mol. The van der Waals surface area contributed by atoms with Gasteiger partial charge in [-0.2, -0.15) is 0 Å². The summed E-state index contributed by atoms with van der Waals surface area (Å²) in [5, 5.41) is 0. The zero-order valence-electron chi connectivity index (χ0n) is 8.60. The Hall–Kier alpha value is -1.51. The lowest BCUT2D eigenvalue weighted by molar-refractivity contribution is -0.137. The lowest BCUT2D eigenvalue weighted by Gasteiger charge is -1.95. The number of carbonyl (C=O) groups is 1. The second kappa shape index (κ2) is 9.58. The molecule has 0 fully saturated rings. The normalized spacial score (nSPS) is 11.6. The lowest BCUT2D eigenvalue weighted by Crippen LogP contribution is -1.99. The van der Waals surface area contributed by atoms with Crippen molar-refractivity contribution in [3.8, 4) is 0 Å². The van der Waals surface area contributed by atoms with Crippen molar-refractivity contribution in [1.82, 2.24) is 0 Å². The van der Waals surface area contributed by atoms with Gasteiger partial charge >= 0.3 is 5.97 Å². The van der Waals surface area contributed by atoms with E-state index in [1.54, 1.807) is 6.92 Å². The molecule has 0 bridgehead atoms. The summed E-state index contributed by atoms with van der Waals surface area (Å²) in [5.41, 5.74) is 0. The van der Waals surface area contributed by atoms with Crippen molar-refractivity contribution in [2.45, 2.75) is 13.8 Å². The molecule has 3 nitrogen and oxygen atoms in total. The highest BCUT2D eigenvalue weighted by molar-refractivity contribution is 5.81. The smallest absolute Gasteiger partial charge is 0.333 e. The molecule has 0 heterocycles. The van der Waals surface area contributed by atoms with Gasteiger partial charge in [0.05, 0.1) is 18.9 Å². The Labute approximate surface area is 84.7 Å². The van der Waals surface area contributed by atoms with Crippen LogP contribution in [0.25, 0.3) is 0 Å². The number of carbonyl (C=O) groups excluding carboxylic acids is 1. The van der Waals surface area contributed by atoms with Crippen LogP contribution >= 0.6 is 0 Å². The first-order chi connectivity index (χ1) is 6.81. The highest BCUT2D eigenvalue weighted by Crippen LogP contribution is 1.84. The summed E-state index contributed by atoms with van der Waals surface area (Å²) < 4.78 is 9.65. The average Bonchev–Trinajstić information content (AvgIpc) is 2.17. The Bertz CT molecular complexity index is 227. The molecule has 0 radical (unpaired) electrons. The van der Waals surface area contributed by atoms with Crippen molar-refractivity contribution in [3.63, 3.8) is 0 Å². The van der Waals surface area contributed by atoms with Gasteiger partial charge in [0.15, 0.2) is 0 Å². The predicted octanol–water partition coefficient (Wildman–Crippen LogP) is 2.21.